The molecular weight excluding hydrogens is 124 g/mol. The summed E-state index contributed by atoms with van der Waals surface area (Å²) in [5.41, 5.74) is 2.44. The van der Waals surface area contributed by atoms with Crippen LogP contribution in [0.4, 0.5) is 0 Å². The van der Waals surface area contributed by atoms with Crippen LogP contribution in [-0.2, 0) is 0 Å². The van der Waals surface area contributed by atoms with Gasteiger partial charge in [-0.15, -0.1) is 0 Å². The van der Waals surface area contributed by atoms with Gasteiger partial charge < -0.3 is 4.42 Å². The topological polar surface area (TPSA) is 13.1 Å². The van der Waals surface area contributed by atoms with E-state index in [0.29, 0.717) is 0 Å². The summed E-state index contributed by atoms with van der Waals surface area (Å²) < 4.78 is 5.23. The molecule has 10 heavy (non-hydrogen) atoms. The Labute approximate surface area is 59.6 Å². The summed E-state index contributed by atoms with van der Waals surface area (Å²) in [6, 6.07) is 8.10. The summed E-state index contributed by atoms with van der Waals surface area (Å²) in [6.45, 7) is 2.06. The van der Waals surface area contributed by atoms with Crippen LogP contribution in [0.1, 0.15) is 5.56 Å². The van der Waals surface area contributed by atoms with E-state index >= 15 is 0 Å². The van der Waals surface area contributed by atoms with Crippen LogP contribution in [0.3, 0.4) is 0 Å². The number of rotatable bonds is 0. The molecule has 0 N–H and O–H groups in total. The molecule has 1 heteroatoms. The van der Waals surface area contributed by atoms with Crippen molar-refractivity contribution in [2.24, 2.45) is 0 Å². The Hall–Kier alpha value is -1.24. The highest BCUT2D eigenvalue weighted by Crippen LogP contribution is 2.24. The molecule has 1 nitrogen and oxygen atoms in total. The zero-order valence-corrected chi connectivity index (χ0v) is 5.79. The second kappa shape index (κ2) is 1.87. The van der Waals surface area contributed by atoms with E-state index in [2.05, 4.69) is 13.0 Å². The molecule has 0 unspecified atom stereocenters. The van der Waals surface area contributed by atoms with Gasteiger partial charge in [0.1, 0.15) is 5.76 Å². The largest absolute Gasteiger partial charge is 0.464 e. The maximum atomic E-state index is 5.23. The van der Waals surface area contributed by atoms with E-state index in [4.69, 9.17) is 4.42 Å². The minimum atomic E-state index is 0.972. The fraction of sp³-hybridized carbons (Fsp3) is 0.111. The Bertz CT molecular complexity index is 279. The van der Waals surface area contributed by atoms with Gasteiger partial charge in [0, 0.05) is 5.56 Å². The number of aryl methyl sites for hydroxylation is 1. The Morgan fingerprint density at radius 1 is 1.30 bits per heavy atom. The number of hydrogen-bond donors (Lipinski definition) is 0. The average Bonchev–Trinajstić information content (AvgIpc) is 2.27. The molecule has 1 aliphatic heterocycles. The number of fused-ring (bicyclic) bond motifs is 1. The smallest absolute Gasteiger partial charge is 0.134 e. The fourth-order valence-corrected chi connectivity index (χ4v) is 1.14. The van der Waals surface area contributed by atoms with Gasteiger partial charge in [0.15, 0.2) is 0 Å². The first-order valence-electron chi connectivity index (χ1n) is 3.30. The van der Waals surface area contributed by atoms with Crippen molar-refractivity contribution >= 4 is 0 Å². The molecule has 0 saturated carbocycles. The molecule has 0 radical (unpaired) electrons. The lowest BCUT2D eigenvalue weighted by Gasteiger charge is -1.92. The normalized spacial score (nSPS) is 10.5. The molecule has 0 aromatic heterocycles. The summed E-state index contributed by atoms with van der Waals surface area (Å²) in [5.74, 6) is 0.972. The summed E-state index contributed by atoms with van der Waals surface area (Å²) >= 11 is 0. The standard InChI is InChI=1S/C9H8O/c1-7-5-8-3-2-4-10-9(8)6-7/h2-6H,1H3. The molecule has 50 valence electrons. The molecule has 0 aromatic rings. The molecule has 2 rings (SSSR count). The van der Waals surface area contributed by atoms with Crippen LogP contribution in [0, 0.1) is 6.92 Å². The van der Waals surface area contributed by atoms with E-state index in [1.165, 1.54) is 11.1 Å². The van der Waals surface area contributed by atoms with Gasteiger partial charge >= 0.3 is 0 Å². The van der Waals surface area contributed by atoms with Crippen molar-refractivity contribution in [1.29, 1.82) is 0 Å². The van der Waals surface area contributed by atoms with Crippen molar-refractivity contribution in [1.82, 2.24) is 0 Å². The van der Waals surface area contributed by atoms with Crippen molar-refractivity contribution in [2.45, 2.75) is 6.92 Å². The molecule has 0 saturated heterocycles. The van der Waals surface area contributed by atoms with Gasteiger partial charge in [-0.1, -0.05) is 0 Å². The van der Waals surface area contributed by atoms with Crippen molar-refractivity contribution in [3.63, 3.8) is 0 Å². The van der Waals surface area contributed by atoms with Crippen molar-refractivity contribution < 1.29 is 4.42 Å². The lowest BCUT2D eigenvalue weighted by Crippen LogP contribution is -1.67. The van der Waals surface area contributed by atoms with Gasteiger partial charge in [-0.3, -0.25) is 0 Å². The molecule has 1 aliphatic carbocycles. The minimum Gasteiger partial charge on any atom is -0.464 e. The third kappa shape index (κ3) is 0.711. The molecular formula is C9H8O. The van der Waals surface area contributed by atoms with Crippen LogP contribution in [-0.4, -0.2) is 0 Å². The first-order valence-corrected chi connectivity index (χ1v) is 3.30. The van der Waals surface area contributed by atoms with E-state index < -0.39 is 0 Å². The van der Waals surface area contributed by atoms with Crippen LogP contribution in [0.2, 0.25) is 0 Å². The second-order valence-electron chi connectivity index (χ2n) is 2.47. The average molecular weight is 132 g/mol. The molecule has 2 aliphatic rings. The van der Waals surface area contributed by atoms with E-state index in [0.717, 1.165) is 5.76 Å². The maximum Gasteiger partial charge on any atom is 0.134 e. The third-order valence-corrected chi connectivity index (χ3v) is 1.58. The van der Waals surface area contributed by atoms with Gasteiger partial charge in [-0.05, 0) is 36.8 Å². The molecule has 0 fully saturated rings. The van der Waals surface area contributed by atoms with Gasteiger partial charge in [0.25, 0.3) is 0 Å². The van der Waals surface area contributed by atoms with E-state index in [-0.39, 0.29) is 0 Å². The van der Waals surface area contributed by atoms with Crippen molar-refractivity contribution in [3.8, 4) is 11.3 Å². The predicted octanol–water partition coefficient (Wildman–Crippen LogP) is 2.69. The maximum absolute atomic E-state index is 5.23. The van der Waals surface area contributed by atoms with Crippen molar-refractivity contribution in [3.05, 3.63) is 36.1 Å². The van der Waals surface area contributed by atoms with Crippen molar-refractivity contribution in [2.75, 3.05) is 0 Å². The van der Waals surface area contributed by atoms with Crippen LogP contribution in [0.5, 0.6) is 0 Å². The monoisotopic (exact) mass is 132 g/mol. The summed E-state index contributed by atoms with van der Waals surface area (Å²) in [4.78, 5) is 0. The van der Waals surface area contributed by atoms with Gasteiger partial charge in [-0.25, -0.2) is 0 Å². The van der Waals surface area contributed by atoms with Gasteiger partial charge in [-0.2, -0.15) is 0 Å². The lowest BCUT2D eigenvalue weighted by molar-refractivity contribution is 0.567. The van der Waals surface area contributed by atoms with E-state index in [9.17, 15) is 0 Å². The molecule has 0 spiro atoms. The predicted molar refractivity (Wildman–Crippen MR) is 40.1 cm³/mol. The van der Waals surface area contributed by atoms with Crippen LogP contribution in [0.15, 0.2) is 34.9 Å². The first kappa shape index (κ1) is 5.54. The minimum absolute atomic E-state index is 0.972. The summed E-state index contributed by atoms with van der Waals surface area (Å²) in [6.07, 6.45) is 1.70. The Morgan fingerprint density at radius 2 is 2.20 bits per heavy atom. The molecule has 0 aromatic carbocycles. The zero-order chi connectivity index (χ0) is 6.97. The molecule has 1 heterocycles. The highest BCUT2D eigenvalue weighted by atomic mass is 16.3. The number of hydrogen-bond acceptors (Lipinski definition) is 1. The fourth-order valence-electron chi connectivity index (χ4n) is 1.14. The molecule has 0 atom stereocenters. The SMILES string of the molecule is Cc1cc2cccoc-2c1. The summed E-state index contributed by atoms with van der Waals surface area (Å²) in [7, 11) is 0. The van der Waals surface area contributed by atoms with Crippen LogP contribution in [0.25, 0.3) is 11.3 Å². The summed E-state index contributed by atoms with van der Waals surface area (Å²) in [5, 5.41) is 0. The highest BCUT2D eigenvalue weighted by molar-refractivity contribution is 5.62. The van der Waals surface area contributed by atoms with Gasteiger partial charge in [0.2, 0.25) is 0 Å². The third-order valence-electron chi connectivity index (χ3n) is 1.58. The van der Waals surface area contributed by atoms with Crippen LogP contribution >= 0.6 is 0 Å². The lowest BCUT2D eigenvalue weighted by atomic mass is 10.3. The highest BCUT2D eigenvalue weighted by Gasteiger charge is 2.03. The Balaban J connectivity index is 2.76. The van der Waals surface area contributed by atoms with E-state index in [1.807, 2.05) is 18.2 Å². The zero-order valence-electron chi connectivity index (χ0n) is 5.79. The first-order chi connectivity index (χ1) is 4.86. The van der Waals surface area contributed by atoms with Crippen LogP contribution < -0.4 is 0 Å². The quantitative estimate of drug-likeness (QED) is 0.537. The Morgan fingerprint density at radius 3 is 3.00 bits per heavy atom. The van der Waals surface area contributed by atoms with Gasteiger partial charge in [0.05, 0.1) is 6.26 Å². The van der Waals surface area contributed by atoms with E-state index in [1.54, 1.807) is 6.26 Å². The second-order valence-corrected chi connectivity index (χ2v) is 2.47. The Kier molecular flexibility index (Phi) is 1.04. The molecule has 0 amide bonds. The molecule has 0 bridgehead atoms.